The van der Waals surface area contributed by atoms with Gasteiger partial charge in [0.2, 0.25) is 5.60 Å². The van der Waals surface area contributed by atoms with Crippen LogP contribution < -0.4 is 0 Å². The quantitative estimate of drug-likeness (QED) is 0.353. The highest BCUT2D eigenvalue weighted by molar-refractivity contribution is 9.10. The van der Waals surface area contributed by atoms with E-state index in [9.17, 15) is 4.79 Å². The van der Waals surface area contributed by atoms with E-state index >= 15 is 0 Å². The fourth-order valence-electron chi connectivity index (χ4n) is 3.32. The lowest BCUT2D eigenvalue weighted by atomic mass is 9.86. The van der Waals surface area contributed by atoms with Crippen molar-refractivity contribution in [3.63, 3.8) is 0 Å². The van der Waals surface area contributed by atoms with Gasteiger partial charge >= 0.3 is 5.97 Å². The van der Waals surface area contributed by atoms with Crippen molar-refractivity contribution in [2.75, 3.05) is 6.61 Å². The minimum absolute atomic E-state index is 0.0207. The molecule has 1 heterocycles. The Morgan fingerprint density at radius 3 is 2.64 bits per heavy atom. The lowest BCUT2D eigenvalue weighted by Gasteiger charge is -2.32. The molecule has 4 nitrogen and oxygen atoms in total. The summed E-state index contributed by atoms with van der Waals surface area (Å²) in [6.07, 6.45) is 1.78. The number of carbonyl (C=O) groups excluding carboxylic acids is 1. The van der Waals surface area contributed by atoms with Gasteiger partial charge in [-0.25, -0.2) is 9.78 Å². The number of pyridine rings is 1. The molecule has 1 saturated carbocycles. The van der Waals surface area contributed by atoms with Crippen LogP contribution in [0.15, 0.2) is 59.1 Å². The van der Waals surface area contributed by atoms with E-state index in [1.165, 1.54) is 0 Å². The maximum atomic E-state index is 13.4. The standard InChI is InChI=1S/C22H19BrClNO3/c1-2-27-21(26)22(28-17-10-11-17,15-6-4-3-5-7-15)20-18-13-16(23)9-8-14(18)12-19(24)25-20/h3-9,12-13,17H,2,10-11H2,1H3. The summed E-state index contributed by atoms with van der Waals surface area (Å²) in [6.45, 7) is 2.02. The van der Waals surface area contributed by atoms with Crippen molar-refractivity contribution in [1.82, 2.24) is 4.98 Å². The fraction of sp³-hybridized carbons (Fsp3) is 0.273. The summed E-state index contributed by atoms with van der Waals surface area (Å²) in [5.74, 6) is -0.482. The summed E-state index contributed by atoms with van der Waals surface area (Å²) in [5, 5.41) is 1.97. The second kappa shape index (κ2) is 7.82. The first-order valence-electron chi connectivity index (χ1n) is 9.21. The Balaban J connectivity index is 2.06. The average molecular weight is 461 g/mol. The Hall–Kier alpha value is -1.95. The summed E-state index contributed by atoms with van der Waals surface area (Å²) < 4.78 is 12.8. The first-order chi connectivity index (χ1) is 13.5. The molecular weight excluding hydrogens is 442 g/mol. The zero-order valence-electron chi connectivity index (χ0n) is 15.3. The van der Waals surface area contributed by atoms with Crippen LogP contribution in [0.2, 0.25) is 5.15 Å². The predicted molar refractivity (Wildman–Crippen MR) is 112 cm³/mol. The molecule has 144 valence electrons. The monoisotopic (exact) mass is 459 g/mol. The molecule has 0 N–H and O–H groups in total. The van der Waals surface area contributed by atoms with Gasteiger partial charge in [-0.05, 0) is 43.4 Å². The number of hydrogen-bond acceptors (Lipinski definition) is 4. The zero-order valence-corrected chi connectivity index (χ0v) is 17.7. The molecule has 6 heteroatoms. The number of halogens is 2. The lowest BCUT2D eigenvalue weighted by molar-refractivity contribution is -0.170. The van der Waals surface area contributed by atoms with E-state index in [0.29, 0.717) is 16.4 Å². The van der Waals surface area contributed by atoms with Gasteiger partial charge in [0.05, 0.1) is 18.4 Å². The van der Waals surface area contributed by atoms with E-state index < -0.39 is 11.6 Å². The smallest absolute Gasteiger partial charge is 0.349 e. The van der Waals surface area contributed by atoms with Crippen LogP contribution >= 0.6 is 27.5 Å². The van der Waals surface area contributed by atoms with E-state index in [4.69, 9.17) is 21.1 Å². The molecular formula is C22H19BrClNO3. The zero-order chi connectivity index (χ0) is 19.7. The number of benzene rings is 2. The second-order valence-electron chi connectivity index (χ2n) is 6.74. The minimum Gasteiger partial charge on any atom is -0.463 e. The molecule has 28 heavy (non-hydrogen) atoms. The van der Waals surface area contributed by atoms with Crippen molar-refractivity contribution in [2.45, 2.75) is 31.5 Å². The van der Waals surface area contributed by atoms with E-state index in [1.807, 2.05) is 48.5 Å². The third-order valence-electron chi connectivity index (χ3n) is 4.71. The molecule has 0 saturated heterocycles. The molecule has 0 spiro atoms. The van der Waals surface area contributed by atoms with Gasteiger partial charge in [0.15, 0.2) is 0 Å². The van der Waals surface area contributed by atoms with Crippen molar-refractivity contribution >= 4 is 44.3 Å². The van der Waals surface area contributed by atoms with Crippen LogP contribution in [0.4, 0.5) is 0 Å². The highest BCUT2D eigenvalue weighted by Gasteiger charge is 2.51. The van der Waals surface area contributed by atoms with Crippen LogP contribution in [0.5, 0.6) is 0 Å². The number of nitrogens with zero attached hydrogens (tertiary/aromatic N) is 1. The Bertz CT molecular complexity index is 1020. The van der Waals surface area contributed by atoms with Crippen LogP contribution in [-0.2, 0) is 19.9 Å². The van der Waals surface area contributed by atoms with Gasteiger partial charge in [-0.2, -0.15) is 0 Å². The number of hydrogen-bond donors (Lipinski definition) is 0. The lowest BCUT2D eigenvalue weighted by Crippen LogP contribution is -2.43. The largest absolute Gasteiger partial charge is 0.463 e. The minimum atomic E-state index is -1.48. The van der Waals surface area contributed by atoms with Gasteiger partial charge in [0.25, 0.3) is 0 Å². The summed E-state index contributed by atoms with van der Waals surface area (Å²) in [4.78, 5) is 18.0. The van der Waals surface area contributed by atoms with Gasteiger partial charge in [0.1, 0.15) is 5.15 Å². The van der Waals surface area contributed by atoms with Crippen molar-refractivity contribution in [2.24, 2.45) is 0 Å². The molecule has 0 amide bonds. The van der Waals surface area contributed by atoms with Crippen molar-refractivity contribution in [1.29, 1.82) is 0 Å². The number of rotatable bonds is 6. The number of fused-ring (bicyclic) bond motifs is 1. The topological polar surface area (TPSA) is 48.4 Å². The molecule has 1 unspecified atom stereocenters. The maximum Gasteiger partial charge on any atom is 0.349 e. The third-order valence-corrected chi connectivity index (χ3v) is 5.40. The Kier molecular flexibility index (Phi) is 5.41. The van der Waals surface area contributed by atoms with Gasteiger partial charge < -0.3 is 9.47 Å². The van der Waals surface area contributed by atoms with E-state index in [1.54, 1.807) is 13.0 Å². The molecule has 1 aliphatic carbocycles. The first-order valence-corrected chi connectivity index (χ1v) is 10.4. The molecule has 1 aromatic heterocycles. The number of carbonyl (C=O) groups is 1. The molecule has 1 atom stereocenters. The van der Waals surface area contributed by atoms with Crippen LogP contribution in [0, 0.1) is 0 Å². The van der Waals surface area contributed by atoms with Gasteiger partial charge in [0, 0.05) is 15.4 Å². The number of esters is 1. The highest BCUT2D eigenvalue weighted by atomic mass is 79.9. The predicted octanol–water partition coefficient (Wildman–Crippen LogP) is 5.64. The molecule has 4 rings (SSSR count). The third kappa shape index (κ3) is 3.54. The fourth-order valence-corrected chi connectivity index (χ4v) is 3.88. The summed E-state index contributed by atoms with van der Waals surface area (Å²) in [6, 6.07) is 17.0. The van der Waals surface area contributed by atoms with Crippen molar-refractivity contribution in [3.8, 4) is 0 Å². The van der Waals surface area contributed by atoms with Crippen molar-refractivity contribution in [3.05, 3.63) is 75.5 Å². The van der Waals surface area contributed by atoms with E-state index in [2.05, 4.69) is 20.9 Å². The molecule has 0 bridgehead atoms. The van der Waals surface area contributed by atoms with Crippen molar-refractivity contribution < 1.29 is 14.3 Å². The highest BCUT2D eigenvalue weighted by Crippen LogP contribution is 2.43. The van der Waals surface area contributed by atoms with E-state index in [0.717, 1.165) is 28.1 Å². The Morgan fingerprint density at radius 2 is 1.96 bits per heavy atom. The maximum absolute atomic E-state index is 13.4. The molecule has 1 aliphatic rings. The van der Waals surface area contributed by atoms with E-state index in [-0.39, 0.29) is 12.7 Å². The molecule has 2 aromatic carbocycles. The summed E-state index contributed by atoms with van der Waals surface area (Å²) in [5.41, 5.74) is -0.355. The number of ether oxygens (including phenoxy) is 2. The van der Waals surface area contributed by atoms with Crippen LogP contribution in [0.3, 0.4) is 0 Å². The van der Waals surface area contributed by atoms with Crippen LogP contribution in [-0.4, -0.2) is 23.7 Å². The van der Waals surface area contributed by atoms with Crippen LogP contribution in [0.25, 0.3) is 10.8 Å². The first kappa shape index (κ1) is 19.4. The summed E-state index contributed by atoms with van der Waals surface area (Å²) in [7, 11) is 0. The molecule has 3 aromatic rings. The Labute approximate surface area is 176 Å². The average Bonchev–Trinajstić information content (AvgIpc) is 3.51. The Morgan fingerprint density at radius 1 is 1.21 bits per heavy atom. The normalized spacial score (nSPS) is 16.0. The number of aromatic nitrogens is 1. The summed E-state index contributed by atoms with van der Waals surface area (Å²) >= 11 is 9.88. The van der Waals surface area contributed by atoms with Gasteiger partial charge in [-0.1, -0.05) is 63.9 Å². The second-order valence-corrected chi connectivity index (χ2v) is 8.05. The van der Waals surface area contributed by atoms with Gasteiger partial charge in [-0.15, -0.1) is 0 Å². The SMILES string of the molecule is CCOC(=O)C(OC1CC1)(c1ccccc1)c1nc(Cl)cc2ccc(Br)cc12. The van der Waals surface area contributed by atoms with Gasteiger partial charge in [-0.3, -0.25) is 0 Å². The molecule has 0 radical (unpaired) electrons. The molecule has 1 fully saturated rings. The van der Waals surface area contributed by atoms with Crippen LogP contribution in [0.1, 0.15) is 31.0 Å². The molecule has 0 aliphatic heterocycles.